The fourth-order valence-electron chi connectivity index (χ4n) is 4.32. The molecule has 160 valence electrons. The monoisotopic (exact) mass is 408 g/mol. The minimum Gasteiger partial charge on any atom is -0.322 e. The molecule has 30 heavy (non-hydrogen) atoms. The van der Waals surface area contributed by atoms with Crippen molar-refractivity contribution >= 4 is 10.9 Å². The summed E-state index contributed by atoms with van der Waals surface area (Å²) in [6.07, 6.45) is 3.18. The van der Waals surface area contributed by atoms with E-state index in [9.17, 15) is 4.79 Å². The molecule has 3 aromatic rings. The Kier molecular flexibility index (Phi) is 5.49. The predicted molar refractivity (Wildman–Crippen MR) is 119 cm³/mol. The molecule has 1 aliphatic rings. The second kappa shape index (κ2) is 7.95. The maximum Gasteiger partial charge on any atom is 0.253 e. The van der Waals surface area contributed by atoms with Gasteiger partial charge in [0, 0.05) is 11.1 Å². The highest BCUT2D eigenvalue weighted by atomic mass is 16.1. The van der Waals surface area contributed by atoms with Gasteiger partial charge in [0.2, 0.25) is 0 Å². The first-order valence-electron chi connectivity index (χ1n) is 11.0. The van der Waals surface area contributed by atoms with E-state index in [1.807, 2.05) is 16.8 Å². The molecule has 0 unspecified atom stereocenters. The number of benzene rings is 1. The normalized spacial score (nSPS) is 17.5. The number of likely N-dealkylation sites (tertiary alicyclic amines) is 1. The Morgan fingerprint density at radius 1 is 1.20 bits per heavy atom. The maximum atomic E-state index is 13.2. The van der Waals surface area contributed by atoms with Crippen LogP contribution in [0.5, 0.6) is 0 Å². The number of hydrogen-bond acceptors (Lipinski definition) is 5. The van der Waals surface area contributed by atoms with E-state index in [0.717, 1.165) is 49.1 Å². The zero-order valence-electron chi connectivity index (χ0n) is 18.6. The van der Waals surface area contributed by atoms with Gasteiger partial charge in [-0.05, 0) is 98.6 Å². The summed E-state index contributed by atoms with van der Waals surface area (Å²) in [7, 11) is 0. The van der Waals surface area contributed by atoms with Gasteiger partial charge in [0.05, 0.1) is 5.54 Å². The van der Waals surface area contributed by atoms with Crippen molar-refractivity contribution in [2.75, 3.05) is 13.1 Å². The third-order valence-corrected chi connectivity index (χ3v) is 6.20. The van der Waals surface area contributed by atoms with Crippen molar-refractivity contribution in [3.05, 3.63) is 51.6 Å². The molecule has 0 aliphatic carbocycles. The van der Waals surface area contributed by atoms with Crippen LogP contribution in [0.4, 0.5) is 0 Å². The largest absolute Gasteiger partial charge is 0.322 e. The van der Waals surface area contributed by atoms with Crippen LogP contribution >= 0.6 is 0 Å². The third kappa shape index (κ3) is 3.90. The molecule has 4 rings (SSSR count). The van der Waals surface area contributed by atoms with E-state index in [1.54, 1.807) is 0 Å². The molecule has 0 bridgehead atoms. The van der Waals surface area contributed by atoms with Crippen molar-refractivity contribution in [2.45, 2.75) is 65.5 Å². The number of aryl methyl sites for hydroxylation is 1. The second-order valence-electron chi connectivity index (χ2n) is 9.57. The molecule has 1 aromatic carbocycles. The first kappa shape index (κ1) is 20.7. The minimum atomic E-state index is -0.279. The highest BCUT2D eigenvalue weighted by molar-refractivity contribution is 5.80. The second-order valence-corrected chi connectivity index (χ2v) is 9.57. The van der Waals surface area contributed by atoms with Crippen LogP contribution in [0, 0.1) is 5.92 Å². The molecule has 2 aromatic heterocycles. The summed E-state index contributed by atoms with van der Waals surface area (Å²) in [4.78, 5) is 18.7. The summed E-state index contributed by atoms with van der Waals surface area (Å²) in [5, 5.41) is 13.7. The van der Waals surface area contributed by atoms with Crippen molar-refractivity contribution in [1.29, 1.82) is 0 Å². The summed E-state index contributed by atoms with van der Waals surface area (Å²) in [5.74, 6) is 1.43. The van der Waals surface area contributed by atoms with Crippen LogP contribution in [0.3, 0.4) is 0 Å². The van der Waals surface area contributed by atoms with Crippen molar-refractivity contribution < 1.29 is 0 Å². The number of nitrogens with one attached hydrogen (secondary N) is 1. The van der Waals surface area contributed by atoms with Gasteiger partial charge in [0.1, 0.15) is 6.04 Å². The smallest absolute Gasteiger partial charge is 0.253 e. The minimum absolute atomic E-state index is 0.0705. The topological polar surface area (TPSA) is 79.7 Å². The number of hydrogen-bond donors (Lipinski definition) is 1. The van der Waals surface area contributed by atoms with E-state index in [1.165, 1.54) is 5.56 Å². The van der Waals surface area contributed by atoms with Crippen LogP contribution in [0.15, 0.2) is 29.1 Å². The number of piperidine rings is 1. The molecule has 7 nitrogen and oxygen atoms in total. The van der Waals surface area contributed by atoms with Crippen LogP contribution in [-0.2, 0) is 12.0 Å². The van der Waals surface area contributed by atoms with Crippen LogP contribution in [0.2, 0.25) is 0 Å². The number of tetrazole rings is 1. The lowest BCUT2D eigenvalue weighted by atomic mass is 9.94. The van der Waals surface area contributed by atoms with Gasteiger partial charge in [-0.3, -0.25) is 9.69 Å². The average molecular weight is 409 g/mol. The Labute approximate surface area is 177 Å². The van der Waals surface area contributed by atoms with Gasteiger partial charge in [-0.2, -0.15) is 0 Å². The van der Waals surface area contributed by atoms with Gasteiger partial charge in [0.15, 0.2) is 5.82 Å². The van der Waals surface area contributed by atoms with Crippen molar-refractivity contribution in [2.24, 2.45) is 5.92 Å². The summed E-state index contributed by atoms with van der Waals surface area (Å²) >= 11 is 0. The number of H-pyrrole nitrogens is 1. The average Bonchev–Trinajstić information content (AvgIpc) is 3.19. The zero-order chi connectivity index (χ0) is 21.5. The number of pyridine rings is 1. The maximum absolute atomic E-state index is 13.2. The molecule has 1 aliphatic heterocycles. The lowest BCUT2D eigenvalue weighted by molar-refractivity contribution is 0.144. The molecular formula is C23H32N6O. The Hall–Kier alpha value is -2.54. The molecule has 0 radical (unpaired) electrons. The van der Waals surface area contributed by atoms with Gasteiger partial charge in [-0.15, -0.1) is 5.10 Å². The summed E-state index contributed by atoms with van der Waals surface area (Å²) in [6.45, 7) is 12.5. The van der Waals surface area contributed by atoms with E-state index in [2.05, 4.69) is 72.2 Å². The standard InChI is InChI=1S/C23H32N6O/c1-6-16-7-8-19-17(13-16)14-18(22(30)24-19)20(28-11-9-15(2)10-12-28)21-25-26-27-29(21)23(3,4)5/h7-8,13-15,20H,6,9-12H2,1-5H3,(H,24,30)/t20-/m0/s1. The highest BCUT2D eigenvalue weighted by Crippen LogP contribution is 2.32. The molecule has 3 heterocycles. The van der Waals surface area contributed by atoms with E-state index < -0.39 is 0 Å². The summed E-state index contributed by atoms with van der Waals surface area (Å²) in [6, 6.07) is 8.00. The van der Waals surface area contributed by atoms with Crippen molar-refractivity contribution in [3.63, 3.8) is 0 Å². The van der Waals surface area contributed by atoms with E-state index >= 15 is 0 Å². The van der Waals surface area contributed by atoms with Crippen molar-refractivity contribution in [1.82, 2.24) is 30.1 Å². The van der Waals surface area contributed by atoms with Crippen LogP contribution < -0.4 is 5.56 Å². The first-order chi connectivity index (χ1) is 14.3. The molecule has 1 atom stereocenters. The van der Waals surface area contributed by atoms with E-state index in [0.29, 0.717) is 11.5 Å². The molecule has 1 N–H and O–H groups in total. The number of nitrogens with zero attached hydrogens (tertiary/aromatic N) is 5. The lowest BCUT2D eigenvalue weighted by Gasteiger charge is -2.36. The van der Waals surface area contributed by atoms with Gasteiger partial charge in [-0.1, -0.05) is 19.9 Å². The molecule has 0 amide bonds. The molecule has 0 spiro atoms. The van der Waals surface area contributed by atoms with Gasteiger partial charge in [0.25, 0.3) is 5.56 Å². The Balaban J connectivity index is 1.89. The third-order valence-electron chi connectivity index (χ3n) is 6.20. The van der Waals surface area contributed by atoms with Gasteiger partial charge >= 0.3 is 0 Å². The predicted octanol–water partition coefficient (Wildman–Crippen LogP) is 3.65. The highest BCUT2D eigenvalue weighted by Gasteiger charge is 2.34. The van der Waals surface area contributed by atoms with Crippen molar-refractivity contribution in [3.8, 4) is 0 Å². The molecule has 7 heteroatoms. The van der Waals surface area contributed by atoms with E-state index in [-0.39, 0.29) is 17.1 Å². The molecule has 1 fully saturated rings. The SMILES string of the molecule is CCc1ccc2[nH]c(=O)c([C@@H](c3nnnn3C(C)(C)C)N3CCC(C)CC3)cc2c1. The number of aromatic nitrogens is 5. The van der Waals surface area contributed by atoms with Crippen LogP contribution in [0.1, 0.15) is 70.5 Å². The lowest BCUT2D eigenvalue weighted by Crippen LogP contribution is -2.41. The molecular weight excluding hydrogens is 376 g/mol. The number of aromatic amines is 1. The Morgan fingerprint density at radius 3 is 2.60 bits per heavy atom. The first-order valence-corrected chi connectivity index (χ1v) is 11.0. The summed E-state index contributed by atoms with van der Waals surface area (Å²) in [5.41, 5.74) is 2.48. The quantitative estimate of drug-likeness (QED) is 0.713. The van der Waals surface area contributed by atoms with E-state index in [4.69, 9.17) is 0 Å². The van der Waals surface area contributed by atoms with Gasteiger partial charge < -0.3 is 4.98 Å². The van der Waals surface area contributed by atoms with Gasteiger partial charge in [-0.25, -0.2) is 4.68 Å². The number of fused-ring (bicyclic) bond motifs is 1. The van der Waals surface area contributed by atoms with Crippen LogP contribution in [0.25, 0.3) is 10.9 Å². The molecule has 0 saturated carbocycles. The Morgan fingerprint density at radius 2 is 1.93 bits per heavy atom. The van der Waals surface area contributed by atoms with Crippen LogP contribution in [-0.4, -0.2) is 43.2 Å². The fourth-order valence-corrected chi connectivity index (χ4v) is 4.32. The summed E-state index contributed by atoms with van der Waals surface area (Å²) < 4.78 is 1.86. The Bertz CT molecular complexity index is 1090. The fraction of sp³-hybridized carbons (Fsp3) is 0.565. The number of rotatable bonds is 4. The zero-order valence-corrected chi connectivity index (χ0v) is 18.6. The molecule has 1 saturated heterocycles.